The highest BCUT2D eigenvalue weighted by Crippen LogP contribution is 2.30. The van der Waals surface area contributed by atoms with Crippen molar-refractivity contribution in [3.05, 3.63) is 0 Å². The van der Waals surface area contributed by atoms with E-state index in [1.165, 1.54) is 0 Å². The van der Waals surface area contributed by atoms with Gasteiger partial charge in [-0.1, -0.05) is 13.8 Å². The Morgan fingerprint density at radius 1 is 1.77 bits per heavy atom. The zero-order chi connectivity index (χ0) is 10.1. The summed E-state index contributed by atoms with van der Waals surface area (Å²) in [6.45, 7) is 3.73. The zero-order valence-electron chi connectivity index (χ0n) is 7.61. The van der Waals surface area contributed by atoms with E-state index in [-0.39, 0.29) is 0 Å². The van der Waals surface area contributed by atoms with Crippen LogP contribution in [0.15, 0.2) is 0 Å². The highest BCUT2D eigenvalue weighted by molar-refractivity contribution is 5.84. The van der Waals surface area contributed by atoms with Crippen molar-refractivity contribution in [3.63, 3.8) is 0 Å². The Hall–Kier alpha value is -1.10. The number of carbonyl (C=O) groups excluding carboxylic acids is 2. The molecule has 0 aliphatic carbocycles. The normalized spacial score (nSPS) is 38.5. The topological polar surface area (TPSA) is 75.6 Å². The summed E-state index contributed by atoms with van der Waals surface area (Å²) in [5, 5.41) is 11.8. The van der Waals surface area contributed by atoms with Crippen molar-refractivity contribution in [1.29, 1.82) is 0 Å². The van der Waals surface area contributed by atoms with Crippen LogP contribution in [0.25, 0.3) is 0 Å². The first-order valence-corrected chi connectivity index (χ1v) is 4.19. The van der Waals surface area contributed by atoms with E-state index in [1.807, 2.05) is 0 Å². The van der Waals surface area contributed by atoms with Gasteiger partial charge in [0.15, 0.2) is 5.72 Å². The molecule has 0 spiro atoms. The minimum absolute atomic E-state index is 0.290. The summed E-state index contributed by atoms with van der Waals surface area (Å²) in [6, 6.07) is 0. The predicted octanol–water partition coefficient (Wildman–Crippen LogP) is -0.608. The Labute approximate surface area is 76.1 Å². The molecule has 5 heteroatoms. The Bertz CT molecular complexity index is 230. The van der Waals surface area contributed by atoms with E-state index >= 15 is 0 Å². The zero-order valence-corrected chi connectivity index (χ0v) is 7.61. The summed E-state index contributed by atoms with van der Waals surface area (Å²) in [5.74, 6) is -0.911. The standard InChI is InChI=1S/C8H13NO4/c1-3-8(13-4-10)5(2)6(11)7(12)9-8/h4-6,11H,3H2,1-2H3,(H,9,12)/t5-,6-,8?/m1/s1. The summed E-state index contributed by atoms with van der Waals surface area (Å²) < 4.78 is 4.82. The van der Waals surface area contributed by atoms with Gasteiger partial charge in [0.05, 0.1) is 5.92 Å². The van der Waals surface area contributed by atoms with Crippen LogP contribution in [0.2, 0.25) is 0 Å². The molecule has 1 aliphatic rings. The average molecular weight is 187 g/mol. The summed E-state index contributed by atoms with van der Waals surface area (Å²) in [6.07, 6.45) is -0.657. The lowest BCUT2D eigenvalue weighted by Gasteiger charge is -2.29. The van der Waals surface area contributed by atoms with Crippen molar-refractivity contribution in [3.8, 4) is 0 Å². The van der Waals surface area contributed by atoms with Crippen LogP contribution in [0.3, 0.4) is 0 Å². The van der Waals surface area contributed by atoms with Gasteiger partial charge in [0.25, 0.3) is 12.4 Å². The molecular weight excluding hydrogens is 174 g/mol. The summed E-state index contributed by atoms with van der Waals surface area (Å²) in [5.41, 5.74) is -1.03. The number of amides is 1. The molecule has 1 amide bonds. The van der Waals surface area contributed by atoms with E-state index in [1.54, 1.807) is 13.8 Å². The van der Waals surface area contributed by atoms with E-state index in [0.717, 1.165) is 0 Å². The van der Waals surface area contributed by atoms with Gasteiger partial charge in [-0.25, -0.2) is 0 Å². The second-order valence-electron chi connectivity index (χ2n) is 3.18. The van der Waals surface area contributed by atoms with Gasteiger partial charge in [-0.3, -0.25) is 9.59 Å². The molecule has 0 radical (unpaired) electrons. The molecule has 0 bridgehead atoms. The molecule has 1 rings (SSSR count). The second-order valence-corrected chi connectivity index (χ2v) is 3.18. The van der Waals surface area contributed by atoms with Crippen LogP contribution in [0.1, 0.15) is 20.3 Å². The van der Waals surface area contributed by atoms with Crippen LogP contribution in [0.4, 0.5) is 0 Å². The number of hydrogen-bond acceptors (Lipinski definition) is 4. The molecule has 1 aliphatic heterocycles. The number of aliphatic hydroxyl groups is 1. The van der Waals surface area contributed by atoms with E-state index in [9.17, 15) is 14.7 Å². The lowest BCUT2D eigenvalue weighted by Crippen LogP contribution is -2.47. The molecule has 0 saturated carbocycles. The molecule has 1 unspecified atom stereocenters. The van der Waals surface area contributed by atoms with Crippen molar-refractivity contribution in [2.24, 2.45) is 5.92 Å². The third-order valence-electron chi connectivity index (χ3n) is 2.60. The minimum Gasteiger partial charge on any atom is -0.441 e. The van der Waals surface area contributed by atoms with Gasteiger partial charge in [-0.05, 0) is 0 Å². The van der Waals surface area contributed by atoms with Crippen LogP contribution in [0.5, 0.6) is 0 Å². The van der Waals surface area contributed by atoms with Gasteiger partial charge < -0.3 is 15.2 Å². The highest BCUT2D eigenvalue weighted by Gasteiger charge is 2.51. The molecule has 0 aromatic heterocycles. The van der Waals surface area contributed by atoms with Gasteiger partial charge in [0.1, 0.15) is 6.10 Å². The van der Waals surface area contributed by atoms with E-state index in [2.05, 4.69) is 5.32 Å². The van der Waals surface area contributed by atoms with Crippen molar-refractivity contribution in [2.45, 2.75) is 32.1 Å². The summed E-state index contributed by atoms with van der Waals surface area (Å²) in [4.78, 5) is 21.3. The molecular formula is C8H13NO4. The molecule has 74 valence electrons. The smallest absolute Gasteiger partial charge is 0.295 e. The van der Waals surface area contributed by atoms with Gasteiger partial charge in [-0.2, -0.15) is 0 Å². The van der Waals surface area contributed by atoms with Crippen LogP contribution >= 0.6 is 0 Å². The van der Waals surface area contributed by atoms with E-state index in [4.69, 9.17) is 4.74 Å². The van der Waals surface area contributed by atoms with E-state index in [0.29, 0.717) is 12.9 Å². The number of nitrogens with one attached hydrogen (secondary N) is 1. The molecule has 13 heavy (non-hydrogen) atoms. The number of aliphatic hydroxyl groups excluding tert-OH is 1. The summed E-state index contributed by atoms with van der Waals surface area (Å²) >= 11 is 0. The van der Waals surface area contributed by atoms with Gasteiger partial charge in [-0.15, -0.1) is 0 Å². The van der Waals surface area contributed by atoms with Crippen molar-refractivity contribution in [1.82, 2.24) is 5.32 Å². The van der Waals surface area contributed by atoms with Gasteiger partial charge >= 0.3 is 0 Å². The van der Waals surface area contributed by atoms with Gasteiger partial charge in [0, 0.05) is 6.42 Å². The molecule has 2 N–H and O–H groups in total. The third-order valence-corrected chi connectivity index (χ3v) is 2.60. The maximum atomic E-state index is 11.1. The Kier molecular flexibility index (Phi) is 2.56. The minimum atomic E-state index is -1.10. The van der Waals surface area contributed by atoms with Gasteiger partial charge in [0.2, 0.25) is 0 Å². The predicted molar refractivity (Wildman–Crippen MR) is 43.5 cm³/mol. The van der Waals surface area contributed by atoms with E-state index < -0.39 is 23.7 Å². The van der Waals surface area contributed by atoms with Crippen LogP contribution < -0.4 is 5.32 Å². The fraction of sp³-hybridized carbons (Fsp3) is 0.750. The number of ether oxygens (including phenoxy) is 1. The lowest BCUT2D eigenvalue weighted by atomic mass is 9.94. The first kappa shape index (κ1) is 9.98. The van der Waals surface area contributed by atoms with Crippen LogP contribution in [0, 0.1) is 5.92 Å². The first-order chi connectivity index (χ1) is 6.07. The van der Waals surface area contributed by atoms with Crippen molar-refractivity contribution < 1.29 is 19.4 Å². The SMILES string of the molecule is CCC1(OC=O)NC(=O)[C@H](O)[C@H]1C. The Morgan fingerprint density at radius 2 is 2.38 bits per heavy atom. The number of hydrogen-bond donors (Lipinski definition) is 2. The molecule has 0 aromatic rings. The third kappa shape index (κ3) is 1.39. The molecule has 0 aromatic carbocycles. The second kappa shape index (κ2) is 3.33. The average Bonchev–Trinajstić information content (AvgIpc) is 2.32. The Balaban J connectivity index is 2.88. The fourth-order valence-electron chi connectivity index (χ4n) is 1.59. The molecule has 3 atom stereocenters. The van der Waals surface area contributed by atoms with Crippen molar-refractivity contribution in [2.75, 3.05) is 0 Å². The van der Waals surface area contributed by atoms with Crippen LogP contribution in [-0.4, -0.2) is 29.3 Å². The monoisotopic (exact) mass is 187 g/mol. The highest BCUT2D eigenvalue weighted by atomic mass is 16.6. The largest absolute Gasteiger partial charge is 0.441 e. The maximum absolute atomic E-state index is 11.1. The number of rotatable bonds is 3. The lowest BCUT2D eigenvalue weighted by molar-refractivity contribution is -0.152. The maximum Gasteiger partial charge on any atom is 0.295 e. The molecule has 1 fully saturated rings. The Morgan fingerprint density at radius 3 is 2.69 bits per heavy atom. The first-order valence-electron chi connectivity index (χ1n) is 4.19. The van der Waals surface area contributed by atoms with Crippen LogP contribution in [-0.2, 0) is 14.3 Å². The van der Waals surface area contributed by atoms with Crippen molar-refractivity contribution >= 4 is 12.4 Å². The molecule has 1 saturated heterocycles. The fourth-order valence-corrected chi connectivity index (χ4v) is 1.59. The number of carbonyl (C=O) groups is 2. The summed E-state index contributed by atoms with van der Waals surface area (Å²) in [7, 11) is 0. The molecule has 1 heterocycles. The quantitative estimate of drug-likeness (QED) is 0.578. The molecule has 5 nitrogen and oxygen atoms in total.